The van der Waals surface area contributed by atoms with E-state index in [1.54, 1.807) is 7.05 Å². The number of ether oxygens (including phenoxy) is 1. The Morgan fingerprint density at radius 1 is 1.21 bits per heavy atom. The summed E-state index contributed by atoms with van der Waals surface area (Å²) in [4.78, 5) is 38.3. The van der Waals surface area contributed by atoms with Crippen molar-refractivity contribution in [2.45, 2.75) is 38.3 Å². The van der Waals surface area contributed by atoms with E-state index in [0.29, 0.717) is 31.4 Å². The summed E-state index contributed by atoms with van der Waals surface area (Å²) in [6.07, 6.45) is 1.77. The van der Waals surface area contributed by atoms with Gasteiger partial charge in [-0.1, -0.05) is 6.42 Å². The maximum Gasteiger partial charge on any atom is 0.246 e. The second kappa shape index (κ2) is 10.8. The molecule has 0 unspecified atom stereocenters. The summed E-state index contributed by atoms with van der Waals surface area (Å²) < 4.78 is 31.4. The molecule has 3 amide bonds. The largest absolute Gasteiger partial charge is 0.375 e. The van der Waals surface area contributed by atoms with Crippen LogP contribution in [0.5, 0.6) is 0 Å². The van der Waals surface area contributed by atoms with Gasteiger partial charge in [0.2, 0.25) is 17.7 Å². The molecule has 1 aromatic rings. The van der Waals surface area contributed by atoms with Gasteiger partial charge in [0.15, 0.2) is 0 Å². The molecule has 0 spiro atoms. The molecule has 2 N–H and O–H groups in total. The molecule has 7 nitrogen and oxygen atoms in total. The summed E-state index contributed by atoms with van der Waals surface area (Å²) in [6.45, 7) is 0.273. The van der Waals surface area contributed by atoms with Crippen LogP contribution in [0.4, 0.5) is 8.78 Å². The van der Waals surface area contributed by atoms with E-state index < -0.39 is 17.6 Å². The lowest BCUT2D eigenvalue weighted by atomic mass is 9.96. The van der Waals surface area contributed by atoms with Crippen molar-refractivity contribution in [1.29, 1.82) is 0 Å². The zero-order chi connectivity index (χ0) is 21.4. The number of methoxy groups -OCH3 is 1. The van der Waals surface area contributed by atoms with Gasteiger partial charge in [-0.3, -0.25) is 14.4 Å². The fourth-order valence-electron chi connectivity index (χ4n) is 3.39. The highest BCUT2D eigenvalue weighted by atomic mass is 19.1. The van der Waals surface area contributed by atoms with E-state index in [4.69, 9.17) is 4.74 Å². The molecule has 0 aliphatic carbocycles. The van der Waals surface area contributed by atoms with Crippen molar-refractivity contribution in [2.24, 2.45) is 5.92 Å². The Morgan fingerprint density at radius 2 is 1.90 bits per heavy atom. The Labute approximate surface area is 168 Å². The lowest BCUT2D eigenvalue weighted by Gasteiger charge is -2.24. The maximum atomic E-state index is 13.3. The molecule has 1 heterocycles. The minimum absolute atomic E-state index is 0.0241. The van der Waals surface area contributed by atoms with Gasteiger partial charge in [-0.2, -0.15) is 0 Å². The van der Waals surface area contributed by atoms with Gasteiger partial charge in [-0.05, 0) is 30.5 Å². The first-order chi connectivity index (χ1) is 13.8. The third-order valence-corrected chi connectivity index (χ3v) is 4.85. The lowest BCUT2D eigenvalue weighted by Crippen LogP contribution is -2.45. The average molecular weight is 411 g/mol. The molecule has 160 valence electrons. The first-order valence-corrected chi connectivity index (χ1v) is 9.53. The van der Waals surface area contributed by atoms with Gasteiger partial charge in [-0.15, -0.1) is 0 Å². The van der Waals surface area contributed by atoms with Crippen LogP contribution in [0.1, 0.15) is 31.2 Å². The molecule has 0 saturated carbocycles. The highest BCUT2D eigenvalue weighted by Crippen LogP contribution is 2.19. The minimum atomic E-state index is -0.713. The molecule has 1 aliphatic heterocycles. The second-order valence-electron chi connectivity index (χ2n) is 7.30. The van der Waals surface area contributed by atoms with Crippen LogP contribution in [-0.2, 0) is 25.7 Å². The monoisotopic (exact) mass is 411 g/mol. The Hall–Kier alpha value is -2.55. The van der Waals surface area contributed by atoms with Crippen molar-refractivity contribution in [3.63, 3.8) is 0 Å². The number of hydrogen-bond donors (Lipinski definition) is 2. The average Bonchev–Trinajstić information content (AvgIpc) is 2.70. The van der Waals surface area contributed by atoms with Crippen molar-refractivity contribution in [3.05, 3.63) is 35.4 Å². The van der Waals surface area contributed by atoms with Crippen molar-refractivity contribution >= 4 is 17.7 Å². The van der Waals surface area contributed by atoms with Crippen LogP contribution in [0.25, 0.3) is 0 Å². The Morgan fingerprint density at radius 3 is 2.55 bits per heavy atom. The molecule has 2 atom stereocenters. The van der Waals surface area contributed by atoms with Gasteiger partial charge >= 0.3 is 0 Å². The van der Waals surface area contributed by atoms with E-state index in [2.05, 4.69) is 10.6 Å². The fourth-order valence-corrected chi connectivity index (χ4v) is 3.39. The number of amides is 3. The normalized spacial score (nSPS) is 20.4. The highest BCUT2D eigenvalue weighted by molar-refractivity contribution is 5.86. The number of carbonyl (C=O) groups is 3. The van der Waals surface area contributed by atoms with Gasteiger partial charge < -0.3 is 20.3 Å². The SMILES string of the molecule is COCC(=O)N[C@@H]1CCC[C@@H](C(=O)NCc2cc(F)cc(F)c2)CC(=O)N(C)C1. The summed E-state index contributed by atoms with van der Waals surface area (Å²) in [5, 5.41) is 5.50. The number of rotatable bonds is 6. The third-order valence-electron chi connectivity index (χ3n) is 4.85. The van der Waals surface area contributed by atoms with Crippen LogP contribution in [-0.4, -0.2) is 56.0 Å². The molecule has 1 aliphatic rings. The van der Waals surface area contributed by atoms with Gasteiger partial charge in [0.05, 0.1) is 0 Å². The van der Waals surface area contributed by atoms with Gasteiger partial charge in [0, 0.05) is 51.7 Å². The number of halogens is 2. The molecule has 0 bridgehead atoms. The fraction of sp³-hybridized carbons (Fsp3) is 0.550. The summed E-state index contributed by atoms with van der Waals surface area (Å²) >= 11 is 0. The van der Waals surface area contributed by atoms with Crippen LogP contribution in [0.15, 0.2) is 18.2 Å². The third kappa shape index (κ3) is 7.41. The molecule has 1 saturated heterocycles. The van der Waals surface area contributed by atoms with Crippen molar-refractivity contribution < 1.29 is 27.9 Å². The Kier molecular flexibility index (Phi) is 8.50. The van der Waals surface area contributed by atoms with E-state index >= 15 is 0 Å². The molecule has 29 heavy (non-hydrogen) atoms. The van der Waals surface area contributed by atoms with E-state index in [9.17, 15) is 23.2 Å². The first-order valence-electron chi connectivity index (χ1n) is 9.53. The summed E-state index contributed by atoms with van der Waals surface area (Å²) in [5.41, 5.74) is 0.309. The quantitative estimate of drug-likeness (QED) is 0.740. The minimum Gasteiger partial charge on any atom is -0.375 e. The molecule has 2 rings (SSSR count). The van der Waals surface area contributed by atoms with E-state index in [1.165, 1.54) is 12.0 Å². The molecular weight excluding hydrogens is 384 g/mol. The molecule has 0 aromatic heterocycles. The van der Waals surface area contributed by atoms with E-state index in [1.807, 2.05) is 0 Å². The molecule has 1 fully saturated rings. The lowest BCUT2D eigenvalue weighted by molar-refractivity contribution is -0.135. The molecule has 9 heteroatoms. The number of nitrogens with one attached hydrogen (secondary N) is 2. The van der Waals surface area contributed by atoms with Crippen molar-refractivity contribution in [3.8, 4) is 0 Å². The van der Waals surface area contributed by atoms with Gasteiger partial charge in [0.25, 0.3) is 0 Å². The van der Waals surface area contributed by atoms with E-state index in [-0.39, 0.29) is 43.3 Å². The number of nitrogens with zero attached hydrogens (tertiary/aromatic N) is 1. The molecule has 1 aromatic carbocycles. The van der Waals surface area contributed by atoms with Crippen LogP contribution in [0.2, 0.25) is 0 Å². The number of likely N-dealkylation sites (N-methyl/N-ethyl adjacent to an activating group) is 1. The number of carbonyl (C=O) groups excluding carboxylic acids is 3. The predicted molar refractivity (Wildman–Crippen MR) is 102 cm³/mol. The summed E-state index contributed by atoms with van der Waals surface area (Å²) in [7, 11) is 3.06. The zero-order valence-electron chi connectivity index (χ0n) is 16.7. The van der Waals surface area contributed by atoms with Gasteiger partial charge in [0.1, 0.15) is 18.2 Å². The molecular formula is C20H27F2N3O4. The number of hydrogen-bond acceptors (Lipinski definition) is 4. The standard InChI is InChI=1S/C20H27F2N3O4/c1-25-11-17(24-18(26)12-29-2)5-3-4-14(8-19(25)27)20(28)23-10-13-6-15(21)9-16(22)7-13/h6-7,9,14,17H,3-5,8,10-12H2,1-2H3,(H,23,28)(H,24,26)/t14-,17-/m1/s1. The first kappa shape index (κ1) is 22.7. The van der Waals surface area contributed by atoms with Crippen LogP contribution in [0.3, 0.4) is 0 Å². The van der Waals surface area contributed by atoms with Crippen LogP contribution in [0, 0.1) is 17.6 Å². The highest BCUT2D eigenvalue weighted by Gasteiger charge is 2.27. The predicted octanol–water partition coefficient (Wildman–Crippen LogP) is 1.36. The maximum absolute atomic E-state index is 13.3. The van der Waals surface area contributed by atoms with E-state index in [0.717, 1.165) is 18.2 Å². The molecule has 0 radical (unpaired) electrons. The van der Waals surface area contributed by atoms with Crippen molar-refractivity contribution in [2.75, 3.05) is 27.3 Å². The smallest absolute Gasteiger partial charge is 0.246 e. The zero-order valence-corrected chi connectivity index (χ0v) is 16.7. The van der Waals surface area contributed by atoms with Crippen LogP contribution < -0.4 is 10.6 Å². The topological polar surface area (TPSA) is 87.7 Å². The van der Waals surface area contributed by atoms with Crippen LogP contribution >= 0.6 is 0 Å². The Balaban J connectivity index is 1.96. The van der Waals surface area contributed by atoms with Gasteiger partial charge in [-0.25, -0.2) is 8.78 Å². The number of benzene rings is 1. The summed E-state index contributed by atoms with van der Waals surface area (Å²) in [5.74, 6) is -2.76. The van der Waals surface area contributed by atoms with Crippen molar-refractivity contribution in [1.82, 2.24) is 15.5 Å². The second-order valence-corrected chi connectivity index (χ2v) is 7.30. The Bertz CT molecular complexity index is 724. The summed E-state index contributed by atoms with van der Waals surface area (Å²) in [6, 6.07) is 2.85.